The number of carbonyl (C=O) groups is 1. The predicted octanol–water partition coefficient (Wildman–Crippen LogP) is 1.06. The number of hydrogen-bond donors (Lipinski definition) is 2. The van der Waals surface area contributed by atoms with Crippen molar-refractivity contribution in [3.8, 4) is 5.75 Å². The molecule has 2 N–H and O–H groups in total. The van der Waals surface area contributed by atoms with E-state index in [4.69, 9.17) is 4.74 Å². The third-order valence-corrected chi connectivity index (χ3v) is 6.09. The number of rotatable bonds is 7. The lowest BCUT2D eigenvalue weighted by Crippen LogP contribution is -2.36. The smallest absolute Gasteiger partial charge is 0.270 e. The van der Waals surface area contributed by atoms with Crippen molar-refractivity contribution in [1.82, 2.24) is 15.3 Å². The van der Waals surface area contributed by atoms with Crippen molar-refractivity contribution >= 4 is 21.6 Å². The summed E-state index contributed by atoms with van der Waals surface area (Å²) in [5.74, 6) is 1.05. The second-order valence-electron chi connectivity index (χ2n) is 6.39. The standard InChI is InChI=1S/C18H22N4O4S/c1-26-15-4-2-3-13(9-15)5-7-19-17-10-16(20-12-21-17)18(23)22-14-6-8-27(24,25)11-14/h2-4,9-10,12,14H,5-8,11H2,1H3,(H,22,23)(H,19,20,21). The molecule has 27 heavy (non-hydrogen) atoms. The molecule has 1 saturated heterocycles. The highest BCUT2D eigenvalue weighted by atomic mass is 32.2. The third-order valence-electron chi connectivity index (χ3n) is 4.32. The van der Waals surface area contributed by atoms with Gasteiger partial charge in [0.25, 0.3) is 5.91 Å². The third kappa shape index (κ3) is 5.40. The van der Waals surface area contributed by atoms with Crippen LogP contribution in [0.5, 0.6) is 5.75 Å². The molecule has 0 spiro atoms. The van der Waals surface area contributed by atoms with Crippen LogP contribution in [0.4, 0.5) is 5.82 Å². The minimum atomic E-state index is -3.04. The number of ether oxygens (including phenoxy) is 1. The first-order chi connectivity index (χ1) is 12.9. The van der Waals surface area contributed by atoms with Crippen LogP contribution in [0, 0.1) is 0 Å². The predicted molar refractivity (Wildman–Crippen MR) is 102 cm³/mol. The van der Waals surface area contributed by atoms with E-state index >= 15 is 0 Å². The Hall–Kier alpha value is -2.68. The summed E-state index contributed by atoms with van der Waals surface area (Å²) >= 11 is 0. The van der Waals surface area contributed by atoms with Crippen molar-refractivity contribution < 1.29 is 17.9 Å². The molecular formula is C18H22N4O4S. The summed E-state index contributed by atoms with van der Waals surface area (Å²) < 4.78 is 28.2. The van der Waals surface area contributed by atoms with E-state index in [1.54, 1.807) is 13.2 Å². The van der Waals surface area contributed by atoms with Crippen molar-refractivity contribution in [2.24, 2.45) is 0 Å². The maximum absolute atomic E-state index is 12.3. The molecule has 1 aromatic carbocycles. The number of hydrogen-bond acceptors (Lipinski definition) is 7. The molecule has 1 amide bonds. The summed E-state index contributed by atoms with van der Waals surface area (Å²) in [7, 11) is -1.41. The molecule has 1 fully saturated rings. The van der Waals surface area contributed by atoms with E-state index in [0.717, 1.165) is 17.7 Å². The van der Waals surface area contributed by atoms with E-state index in [0.29, 0.717) is 18.8 Å². The zero-order chi connectivity index (χ0) is 19.3. The van der Waals surface area contributed by atoms with Crippen molar-refractivity contribution in [3.63, 3.8) is 0 Å². The van der Waals surface area contributed by atoms with Gasteiger partial charge in [0, 0.05) is 18.7 Å². The molecular weight excluding hydrogens is 368 g/mol. The molecule has 144 valence electrons. The van der Waals surface area contributed by atoms with Gasteiger partial charge in [-0.2, -0.15) is 0 Å². The number of nitrogens with one attached hydrogen (secondary N) is 2. The second-order valence-corrected chi connectivity index (χ2v) is 8.62. The topological polar surface area (TPSA) is 110 Å². The highest BCUT2D eigenvalue weighted by Gasteiger charge is 2.29. The van der Waals surface area contributed by atoms with Gasteiger partial charge >= 0.3 is 0 Å². The van der Waals surface area contributed by atoms with Gasteiger partial charge in [0.15, 0.2) is 9.84 Å². The molecule has 0 aliphatic carbocycles. The van der Waals surface area contributed by atoms with Crippen LogP contribution < -0.4 is 15.4 Å². The van der Waals surface area contributed by atoms with Crippen molar-refractivity contribution in [1.29, 1.82) is 0 Å². The van der Waals surface area contributed by atoms with Crippen LogP contribution >= 0.6 is 0 Å². The lowest BCUT2D eigenvalue weighted by molar-refractivity contribution is 0.0936. The van der Waals surface area contributed by atoms with Gasteiger partial charge in [0.1, 0.15) is 23.6 Å². The Morgan fingerprint density at radius 2 is 2.15 bits per heavy atom. The molecule has 1 aliphatic rings. The normalized spacial score (nSPS) is 18.0. The summed E-state index contributed by atoms with van der Waals surface area (Å²) in [6.07, 6.45) is 2.52. The Balaban J connectivity index is 1.54. The first kappa shape index (κ1) is 19.1. The molecule has 1 aromatic heterocycles. The number of sulfone groups is 1. The van der Waals surface area contributed by atoms with Crippen LogP contribution in [0.2, 0.25) is 0 Å². The van der Waals surface area contributed by atoms with Gasteiger partial charge in [-0.15, -0.1) is 0 Å². The van der Waals surface area contributed by atoms with E-state index in [-0.39, 0.29) is 23.2 Å². The maximum Gasteiger partial charge on any atom is 0.270 e. The summed E-state index contributed by atoms with van der Waals surface area (Å²) in [5, 5.41) is 5.89. The Bertz CT molecular complexity index is 917. The summed E-state index contributed by atoms with van der Waals surface area (Å²) in [5.41, 5.74) is 1.33. The summed E-state index contributed by atoms with van der Waals surface area (Å²) in [4.78, 5) is 20.4. The van der Waals surface area contributed by atoms with Crippen LogP contribution in [-0.2, 0) is 16.3 Å². The number of benzene rings is 1. The van der Waals surface area contributed by atoms with Crippen molar-refractivity contribution in [2.75, 3.05) is 30.5 Å². The number of amides is 1. The summed E-state index contributed by atoms with van der Waals surface area (Å²) in [6, 6.07) is 9.01. The first-order valence-electron chi connectivity index (χ1n) is 8.65. The Morgan fingerprint density at radius 3 is 2.89 bits per heavy atom. The van der Waals surface area contributed by atoms with E-state index in [1.807, 2.05) is 24.3 Å². The van der Waals surface area contributed by atoms with Crippen LogP contribution in [0.25, 0.3) is 0 Å². The Kier molecular flexibility index (Phi) is 5.90. The Morgan fingerprint density at radius 1 is 1.30 bits per heavy atom. The van der Waals surface area contributed by atoms with Gasteiger partial charge < -0.3 is 15.4 Å². The molecule has 0 saturated carbocycles. The zero-order valence-corrected chi connectivity index (χ0v) is 15.8. The van der Waals surface area contributed by atoms with E-state index in [2.05, 4.69) is 20.6 Å². The Labute approximate surface area is 158 Å². The van der Waals surface area contributed by atoms with Gasteiger partial charge in [0.2, 0.25) is 0 Å². The maximum atomic E-state index is 12.3. The van der Waals surface area contributed by atoms with Gasteiger partial charge in [0.05, 0.1) is 18.6 Å². The molecule has 0 radical (unpaired) electrons. The average molecular weight is 390 g/mol. The van der Waals surface area contributed by atoms with Gasteiger partial charge in [-0.05, 0) is 30.5 Å². The van der Waals surface area contributed by atoms with Crippen LogP contribution in [0.15, 0.2) is 36.7 Å². The first-order valence-corrected chi connectivity index (χ1v) is 10.5. The van der Waals surface area contributed by atoms with Crippen molar-refractivity contribution in [2.45, 2.75) is 18.9 Å². The molecule has 9 heteroatoms. The minimum Gasteiger partial charge on any atom is -0.497 e. The number of methoxy groups -OCH3 is 1. The fraction of sp³-hybridized carbons (Fsp3) is 0.389. The zero-order valence-electron chi connectivity index (χ0n) is 15.0. The van der Waals surface area contributed by atoms with Crippen molar-refractivity contribution in [3.05, 3.63) is 47.9 Å². The fourth-order valence-electron chi connectivity index (χ4n) is 2.91. The molecule has 0 bridgehead atoms. The lowest BCUT2D eigenvalue weighted by atomic mass is 10.1. The van der Waals surface area contributed by atoms with Crippen LogP contribution in [0.3, 0.4) is 0 Å². The quantitative estimate of drug-likeness (QED) is 0.727. The van der Waals surface area contributed by atoms with E-state index < -0.39 is 15.7 Å². The molecule has 8 nitrogen and oxygen atoms in total. The van der Waals surface area contributed by atoms with Gasteiger partial charge in [-0.3, -0.25) is 4.79 Å². The van der Waals surface area contributed by atoms with Crippen LogP contribution in [-0.4, -0.2) is 55.5 Å². The van der Waals surface area contributed by atoms with E-state index in [1.165, 1.54) is 6.33 Å². The molecule has 2 aromatic rings. The van der Waals surface area contributed by atoms with Crippen LogP contribution in [0.1, 0.15) is 22.5 Å². The number of nitrogens with zero attached hydrogens (tertiary/aromatic N) is 2. The lowest BCUT2D eigenvalue weighted by Gasteiger charge is -2.11. The highest BCUT2D eigenvalue weighted by molar-refractivity contribution is 7.91. The number of anilines is 1. The molecule has 1 unspecified atom stereocenters. The second kappa shape index (κ2) is 8.34. The molecule has 3 rings (SSSR count). The SMILES string of the molecule is COc1cccc(CCNc2cc(C(=O)NC3CCS(=O)(=O)C3)ncn2)c1. The monoisotopic (exact) mass is 390 g/mol. The molecule has 2 heterocycles. The molecule has 1 aliphatic heterocycles. The molecule has 1 atom stereocenters. The van der Waals surface area contributed by atoms with Gasteiger partial charge in [-0.25, -0.2) is 18.4 Å². The number of aromatic nitrogens is 2. The van der Waals surface area contributed by atoms with Gasteiger partial charge in [-0.1, -0.05) is 12.1 Å². The minimum absolute atomic E-state index is 0.0184. The highest BCUT2D eigenvalue weighted by Crippen LogP contribution is 2.14. The number of carbonyl (C=O) groups excluding carboxylic acids is 1. The van der Waals surface area contributed by atoms with E-state index in [9.17, 15) is 13.2 Å². The largest absolute Gasteiger partial charge is 0.497 e. The average Bonchev–Trinajstić information content (AvgIpc) is 3.00. The fourth-order valence-corrected chi connectivity index (χ4v) is 4.58. The summed E-state index contributed by atoms with van der Waals surface area (Å²) in [6.45, 7) is 0.631.